The van der Waals surface area contributed by atoms with Crippen LogP contribution in [0.25, 0.3) is 0 Å². The fourth-order valence-electron chi connectivity index (χ4n) is 2.96. The number of nitrogens with two attached hydrogens (primary N) is 1. The molecule has 1 aromatic carbocycles. The fourth-order valence-corrected chi connectivity index (χ4v) is 3.60. The van der Waals surface area contributed by atoms with Crippen LogP contribution in [0.3, 0.4) is 0 Å². The van der Waals surface area contributed by atoms with Gasteiger partial charge in [-0.25, -0.2) is 0 Å². The van der Waals surface area contributed by atoms with Gasteiger partial charge in [0.25, 0.3) is 0 Å². The number of rotatable bonds is 4. The van der Waals surface area contributed by atoms with Gasteiger partial charge in [-0.3, -0.25) is 4.79 Å². The molecule has 0 bridgehead atoms. The summed E-state index contributed by atoms with van der Waals surface area (Å²) in [6.45, 7) is 3.45. The van der Waals surface area contributed by atoms with Gasteiger partial charge in [0.15, 0.2) is 0 Å². The Morgan fingerprint density at radius 2 is 2.27 bits per heavy atom. The normalized spacial score (nSPS) is 15.2. The molecule has 1 aliphatic rings. The number of hydrogen-bond donors (Lipinski definition) is 2. The summed E-state index contributed by atoms with van der Waals surface area (Å²) in [5, 5.41) is 5.05. The van der Waals surface area contributed by atoms with Crippen LogP contribution in [0.15, 0.2) is 35.7 Å². The second-order valence-corrected chi connectivity index (χ2v) is 6.65. The number of anilines is 2. The van der Waals surface area contributed by atoms with E-state index in [9.17, 15) is 4.79 Å². The van der Waals surface area contributed by atoms with E-state index in [2.05, 4.69) is 16.3 Å². The predicted molar refractivity (Wildman–Crippen MR) is 92.1 cm³/mol. The Balaban J connectivity index is 1.71. The third kappa shape index (κ3) is 2.95. The molecule has 22 heavy (non-hydrogen) atoms. The van der Waals surface area contributed by atoms with Crippen LogP contribution in [0.4, 0.5) is 11.4 Å². The summed E-state index contributed by atoms with van der Waals surface area (Å²) in [6.07, 6.45) is 2.02. The van der Waals surface area contributed by atoms with E-state index in [1.807, 2.05) is 36.6 Å². The van der Waals surface area contributed by atoms with Crippen molar-refractivity contribution in [1.82, 2.24) is 5.32 Å². The van der Waals surface area contributed by atoms with Crippen molar-refractivity contribution in [3.05, 3.63) is 46.2 Å². The van der Waals surface area contributed by atoms with E-state index < -0.39 is 0 Å². The Hall–Kier alpha value is -2.01. The van der Waals surface area contributed by atoms with Gasteiger partial charge < -0.3 is 16.0 Å². The highest BCUT2D eigenvalue weighted by molar-refractivity contribution is 7.09. The Labute approximate surface area is 134 Å². The number of carbonyl (C=O) groups is 1. The van der Waals surface area contributed by atoms with Gasteiger partial charge in [0.2, 0.25) is 5.91 Å². The quantitative estimate of drug-likeness (QED) is 0.853. The van der Waals surface area contributed by atoms with Crippen LogP contribution in [0.5, 0.6) is 0 Å². The van der Waals surface area contributed by atoms with E-state index in [4.69, 9.17) is 5.73 Å². The highest BCUT2D eigenvalue weighted by atomic mass is 32.1. The molecule has 0 saturated heterocycles. The lowest BCUT2D eigenvalue weighted by Gasteiger charge is -2.36. The lowest BCUT2D eigenvalue weighted by atomic mass is 9.98. The number of hydrogen-bond acceptors (Lipinski definition) is 4. The Morgan fingerprint density at radius 1 is 1.41 bits per heavy atom. The Morgan fingerprint density at radius 3 is 3.05 bits per heavy atom. The van der Waals surface area contributed by atoms with Crippen LogP contribution < -0.4 is 16.0 Å². The number of nitrogens with zero attached hydrogens (tertiary/aromatic N) is 1. The van der Waals surface area contributed by atoms with Crippen LogP contribution >= 0.6 is 11.3 Å². The van der Waals surface area contributed by atoms with E-state index >= 15 is 0 Å². The molecule has 116 valence electrons. The molecule has 0 spiro atoms. The maximum absolute atomic E-state index is 12.5. The number of fused-ring (bicyclic) bond motifs is 1. The van der Waals surface area contributed by atoms with Crippen molar-refractivity contribution in [2.45, 2.75) is 32.4 Å². The highest BCUT2D eigenvalue weighted by Crippen LogP contribution is 2.32. The molecule has 1 amide bonds. The summed E-state index contributed by atoms with van der Waals surface area (Å²) in [7, 11) is 0. The zero-order chi connectivity index (χ0) is 15.5. The second kappa shape index (κ2) is 6.40. The highest BCUT2D eigenvalue weighted by Gasteiger charge is 2.26. The molecule has 3 N–H and O–H groups in total. The van der Waals surface area contributed by atoms with Crippen LogP contribution in [0.2, 0.25) is 0 Å². The van der Waals surface area contributed by atoms with Gasteiger partial charge in [0.05, 0.1) is 6.54 Å². The topological polar surface area (TPSA) is 58.4 Å². The molecule has 4 nitrogen and oxygen atoms in total. The first kappa shape index (κ1) is 14.9. The summed E-state index contributed by atoms with van der Waals surface area (Å²) >= 11 is 1.66. The van der Waals surface area contributed by atoms with E-state index in [0.717, 1.165) is 30.8 Å². The first-order valence-electron chi connectivity index (χ1n) is 7.61. The maximum atomic E-state index is 12.5. The van der Waals surface area contributed by atoms with Crippen molar-refractivity contribution in [1.29, 1.82) is 0 Å². The first-order valence-corrected chi connectivity index (χ1v) is 8.49. The molecule has 1 aliphatic heterocycles. The fraction of sp³-hybridized carbons (Fsp3) is 0.353. The Bertz CT molecular complexity index is 654. The summed E-state index contributed by atoms with van der Waals surface area (Å²) < 4.78 is 0. The van der Waals surface area contributed by atoms with E-state index in [1.54, 1.807) is 11.3 Å². The maximum Gasteiger partial charge on any atom is 0.242 e. The van der Waals surface area contributed by atoms with Crippen LogP contribution in [0.1, 0.15) is 23.8 Å². The van der Waals surface area contributed by atoms with Crippen molar-refractivity contribution in [3.8, 4) is 0 Å². The molecule has 0 radical (unpaired) electrons. The number of carbonyl (C=O) groups excluding carboxylic acids is 1. The van der Waals surface area contributed by atoms with Crippen molar-refractivity contribution in [2.24, 2.45) is 0 Å². The minimum absolute atomic E-state index is 0.0590. The molecule has 2 aromatic rings. The van der Waals surface area contributed by atoms with Gasteiger partial charge in [-0.2, -0.15) is 0 Å². The van der Waals surface area contributed by atoms with Gasteiger partial charge in [0, 0.05) is 22.8 Å². The number of nitrogen functional groups attached to an aromatic ring is 1. The van der Waals surface area contributed by atoms with E-state index in [-0.39, 0.29) is 11.9 Å². The number of nitrogens with one attached hydrogen (secondary N) is 1. The van der Waals surface area contributed by atoms with Crippen molar-refractivity contribution >= 4 is 28.6 Å². The van der Waals surface area contributed by atoms with Gasteiger partial charge in [0.1, 0.15) is 6.04 Å². The molecule has 1 aromatic heterocycles. The lowest BCUT2D eigenvalue weighted by molar-refractivity contribution is -0.122. The lowest BCUT2D eigenvalue weighted by Crippen LogP contribution is -2.47. The van der Waals surface area contributed by atoms with Gasteiger partial charge in [-0.15, -0.1) is 11.3 Å². The monoisotopic (exact) mass is 315 g/mol. The average molecular weight is 315 g/mol. The molecule has 0 saturated carbocycles. The van der Waals surface area contributed by atoms with Gasteiger partial charge >= 0.3 is 0 Å². The first-order chi connectivity index (χ1) is 10.7. The minimum Gasteiger partial charge on any atom is -0.398 e. The predicted octanol–water partition coefficient (Wildman–Crippen LogP) is 2.79. The number of benzene rings is 1. The summed E-state index contributed by atoms with van der Waals surface area (Å²) in [6, 6.07) is 9.80. The molecular weight excluding hydrogens is 294 g/mol. The number of amides is 1. The van der Waals surface area contributed by atoms with Crippen LogP contribution in [-0.4, -0.2) is 18.5 Å². The molecule has 5 heteroatoms. The van der Waals surface area contributed by atoms with Crippen LogP contribution in [0, 0.1) is 0 Å². The standard InChI is InChI=1S/C17H21N3OS/c1-12(17(21)19-11-13-5-4-10-22-13)20-9-3-6-14-15(18)7-2-8-16(14)20/h2,4-5,7-8,10,12H,3,6,9,11,18H2,1H3,(H,19,21). The van der Waals surface area contributed by atoms with Crippen molar-refractivity contribution in [3.63, 3.8) is 0 Å². The molecule has 1 atom stereocenters. The van der Waals surface area contributed by atoms with Crippen LogP contribution in [-0.2, 0) is 17.8 Å². The van der Waals surface area contributed by atoms with E-state index in [0.29, 0.717) is 6.54 Å². The zero-order valence-corrected chi connectivity index (χ0v) is 13.5. The molecule has 3 rings (SSSR count). The molecule has 2 heterocycles. The Kier molecular flexibility index (Phi) is 4.34. The van der Waals surface area contributed by atoms with Crippen molar-refractivity contribution < 1.29 is 4.79 Å². The molecule has 0 fully saturated rings. The smallest absolute Gasteiger partial charge is 0.242 e. The van der Waals surface area contributed by atoms with E-state index in [1.165, 1.54) is 10.4 Å². The third-order valence-electron chi connectivity index (χ3n) is 4.19. The minimum atomic E-state index is -0.194. The second-order valence-electron chi connectivity index (χ2n) is 5.62. The van der Waals surface area contributed by atoms with Crippen molar-refractivity contribution in [2.75, 3.05) is 17.2 Å². The summed E-state index contributed by atoms with van der Waals surface area (Å²) in [5.41, 5.74) is 9.18. The molecule has 1 unspecified atom stereocenters. The average Bonchev–Trinajstić information content (AvgIpc) is 3.05. The zero-order valence-electron chi connectivity index (χ0n) is 12.7. The summed E-state index contributed by atoms with van der Waals surface area (Å²) in [4.78, 5) is 15.8. The summed E-state index contributed by atoms with van der Waals surface area (Å²) in [5.74, 6) is 0.0590. The van der Waals surface area contributed by atoms with Gasteiger partial charge in [-0.05, 0) is 48.9 Å². The molecular formula is C17H21N3OS. The number of thiophene rings is 1. The third-order valence-corrected chi connectivity index (χ3v) is 5.06. The van der Waals surface area contributed by atoms with Gasteiger partial charge in [-0.1, -0.05) is 12.1 Å². The SMILES string of the molecule is CC(C(=O)NCc1cccs1)N1CCCc2c(N)cccc21. The molecule has 0 aliphatic carbocycles. The largest absolute Gasteiger partial charge is 0.398 e.